The zero-order valence-electron chi connectivity index (χ0n) is 21.7. The van der Waals surface area contributed by atoms with Gasteiger partial charge in [-0.3, -0.25) is 14.4 Å². The summed E-state index contributed by atoms with van der Waals surface area (Å²) < 4.78 is 12.0. The van der Waals surface area contributed by atoms with Gasteiger partial charge in [-0.15, -0.1) is 13.2 Å². The van der Waals surface area contributed by atoms with E-state index >= 15 is 0 Å². The maximum absolute atomic E-state index is 14.2. The number of esters is 1. The summed E-state index contributed by atoms with van der Waals surface area (Å²) in [6, 6.07) is -1.52. The molecule has 9 heteroatoms. The first-order valence-electron chi connectivity index (χ1n) is 13.1. The Morgan fingerprint density at radius 3 is 2.64 bits per heavy atom. The maximum Gasteiger partial charge on any atom is 0.312 e. The maximum atomic E-state index is 14.2. The summed E-state index contributed by atoms with van der Waals surface area (Å²) in [5.74, 6) is -2.79. The molecular weight excluding hydrogens is 528 g/mol. The van der Waals surface area contributed by atoms with Gasteiger partial charge in [0.1, 0.15) is 11.6 Å². The van der Waals surface area contributed by atoms with Gasteiger partial charge in [0.05, 0.1) is 37.2 Å². The Balaban J connectivity index is 2.05. The van der Waals surface area contributed by atoms with E-state index in [-0.39, 0.29) is 35.8 Å². The molecule has 0 aromatic carbocycles. The lowest BCUT2D eigenvalue weighted by Gasteiger charge is -2.40. The summed E-state index contributed by atoms with van der Waals surface area (Å²) in [4.78, 5) is 44.6. The van der Waals surface area contributed by atoms with Crippen LogP contribution in [-0.4, -0.2) is 87.6 Å². The van der Waals surface area contributed by atoms with Crippen LogP contribution in [0.1, 0.15) is 52.9 Å². The highest BCUT2D eigenvalue weighted by atomic mass is 79.9. The van der Waals surface area contributed by atoms with Crippen LogP contribution in [0.5, 0.6) is 0 Å². The van der Waals surface area contributed by atoms with Crippen molar-refractivity contribution in [3.05, 3.63) is 25.3 Å². The number of unbranched alkanes of at least 4 members (excludes halogenated alkanes) is 2. The molecular formula is C27H41BrN2O6. The van der Waals surface area contributed by atoms with Crippen molar-refractivity contribution < 1.29 is 29.0 Å². The Morgan fingerprint density at radius 2 is 2.06 bits per heavy atom. The Kier molecular flexibility index (Phi) is 9.80. The molecule has 3 aliphatic heterocycles. The Labute approximate surface area is 223 Å². The number of ether oxygens (including phenoxy) is 2. The van der Waals surface area contributed by atoms with Crippen LogP contribution in [0.15, 0.2) is 25.3 Å². The fourth-order valence-electron chi connectivity index (χ4n) is 6.11. The SMILES string of the molecule is C=CCCOC(=O)[C@H]1[C@@H]2OC3(CC2Br)C(C(=O)N(CC=C)CCCCC)N([C@@H](CO)C(C)C)C(=O)[C@H]13. The third-order valence-electron chi connectivity index (χ3n) is 7.81. The van der Waals surface area contributed by atoms with E-state index in [4.69, 9.17) is 9.47 Å². The summed E-state index contributed by atoms with van der Waals surface area (Å²) in [5, 5.41) is 10.3. The Bertz CT molecular complexity index is 850. The number of halogens is 1. The van der Waals surface area contributed by atoms with Crippen LogP contribution in [0.3, 0.4) is 0 Å². The van der Waals surface area contributed by atoms with Gasteiger partial charge in [-0.25, -0.2) is 0 Å². The number of nitrogens with zero attached hydrogens (tertiary/aromatic N) is 2. The third kappa shape index (κ3) is 5.03. The van der Waals surface area contributed by atoms with E-state index in [0.717, 1.165) is 19.3 Å². The first kappa shape index (κ1) is 28.9. The number of aliphatic hydroxyl groups is 1. The van der Waals surface area contributed by atoms with Crippen molar-refractivity contribution in [3.63, 3.8) is 0 Å². The first-order valence-corrected chi connectivity index (χ1v) is 14.0. The van der Waals surface area contributed by atoms with Crippen LogP contribution in [0.25, 0.3) is 0 Å². The fraction of sp³-hybridized carbons (Fsp3) is 0.741. The van der Waals surface area contributed by atoms with E-state index in [0.29, 0.717) is 25.9 Å². The molecule has 3 rings (SSSR count). The van der Waals surface area contributed by atoms with Gasteiger partial charge in [0.25, 0.3) is 0 Å². The second-order valence-electron chi connectivity index (χ2n) is 10.4. The molecule has 8 nitrogen and oxygen atoms in total. The van der Waals surface area contributed by atoms with Crippen LogP contribution >= 0.6 is 15.9 Å². The second kappa shape index (κ2) is 12.2. The van der Waals surface area contributed by atoms with Crippen molar-refractivity contribution >= 4 is 33.7 Å². The molecule has 3 heterocycles. The summed E-state index contributed by atoms with van der Waals surface area (Å²) in [5.41, 5.74) is -1.17. The molecule has 0 aromatic heterocycles. The van der Waals surface area contributed by atoms with Crippen molar-refractivity contribution in [1.29, 1.82) is 0 Å². The predicted octanol–water partition coefficient (Wildman–Crippen LogP) is 3.08. The second-order valence-corrected chi connectivity index (χ2v) is 11.6. The highest BCUT2D eigenvalue weighted by molar-refractivity contribution is 9.09. The van der Waals surface area contributed by atoms with Gasteiger partial charge in [-0.05, 0) is 25.2 Å². The molecule has 7 atom stereocenters. The molecule has 0 radical (unpaired) electrons. The largest absolute Gasteiger partial charge is 0.465 e. The molecule has 3 aliphatic rings. The van der Waals surface area contributed by atoms with E-state index < -0.39 is 41.6 Å². The fourth-order valence-corrected chi connectivity index (χ4v) is 7.05. The molecule has 2 amide bonds. The van der Waals surface area contributed by atoms with Gasteiger partial charge >= 0.3 is 5.97 Å². The van der Waals surface area contributed by atoms with E-state index in [1.807, 2.05) is 13.8 Å². The molecule has 3 saturated heterocycles. The minimum absolute atomic E-state index is 0.104. The van der Waals surface area contributed by atoms with Crippen LogP contribution in [-0.2, 0) is 23.9 Å². The summed E-state index contributed by atoms with van der Waals surface area (Å²) in [7, 11) is 0. The number of carbonyl (C=O) groups excluding carboxylic acids is 3. The van der Waals surface area contributed by atoms with Gasteiger partial charge in [0.15, 0.2) is 0 Å². The highest BCUT2D eigenvalue weighted by Crippen LogP contribution is 2.60. The average Bonchev–Trinajstić information content (AvgIpc) is 3.42. The summed E-state index contributed by atoms with van der Waals surface area (Å²) >= 11 is 3.67. The minimum atomic E-state index is -1.17. The molecule has 202 valence electrons. The molecule has 3 unspecified atom stereocenters. The quantitative estimate of drug-likeness (QED) is 0.150. The van der Waals surface area contributed by atoms with E-state index in [9.17, 15) is 19.5 Å². The van der Waals surface area contributed by atoms with Gasteiger partial charge in [-0.1, -0.05) is 61.7 Å². The van der Waals surface area contributed by atoms with Crippen molar-refractivity contribution in [2.24, 2.45) is 17.8 Å². The smallest absolute Gasteiger partial charge is 0.312 e. The molecule has 3 fully saturated rings. The van der Waals surface area contributed by atoms with E-state index in [2.05, 4.69) is 36.0 Å². The standard InChI is InChI=1S/C27H41BrN2O6/c1-6-9-11-13-29(12-8-3)25(33)23-27-15-18(28)22(36-27)20(26(34)35-14-10-7-2)21(27)24(32)30(23)19(16-31)17(4)5/h7-8,17-23,31H,2-3,6,9-16H2,1,4-5H3/t18?,19-,20+,21-,22+,23?,27?/m0/s1. The monoisotopic (exact) mass is 568 g/mol. The zero-order valence-corrected chi connectivity index (χ0v) is 23.3. The molecule has 36 heavy (non-hydrogen) atoms. The number of hydrogen-bond acceptors (Lipinski definition) is 6. The average molecular weight is 570 g/mol. The number of hydrogen-bond donors (Lipinski definition) is 1. The van der Waals surface area contributed by atoms with Crippen molar-refractivity contribution in [1.82, 2.24) is 9.80 Å². The van der Waals surface area contributed by atoms with Crippen LogP contribution in [0, 0.1) is 17.8 Å². The van der Waals surface area contributed by atoms with Crippen molar-refractivity contribution in [2.45, 2.75) is 81.5 Å². The normalized spacial score (nSPS) is 31.4. The van der Waals surface area contributed by atoms with Crippen LogP contribution in [0.2, 0.25) is 0 Å². The number of aliphatic hydroxyl groups excluding tert-OH is 1. The van der Waals surface area contributed by atoms with Crippen LogP contribution < -0.4 is 0 Å². The number of fused-ring (bicyclic) bond motifs is 1. The van der Waals surface area contributed by atoms with Gasteiger partial charge < -0.3 is 24.4 Å². The number of carbonyl (C=O) groups is 3. The molecule has 1 spiro atoms. The summed E-state index contributed by atoms with van der Waals surface area (Å²) in [6.07, 6.45) is 6.55. The van der Waals surface area contributed by atoms with E-state index in [1.165, 1.54) is 4.90 Å². The number of likely N-dealkylation sites (tertiary alicyclic amines) is 1. The lowest BCUT2D eigenvalue weighted by molar-refractivity contribution is -0.157. The number of alkyl halides is 1. The zero-order chi connectivity index (χ0) is 26.6. The Hall–Kier alpha value is -1.71. The number of rotatable bonds is 14. The molecule has 0 aliphatic carbocycles. The predicted molar refractivity (Wildman–Crippen MR) is 140 cm³/mol. The van der Waals surface area contributed by atoms with Crippen molar-refractivity contribution in [3.8, 4) is 0 Å². The molecule has 1 N–H and O–H groups in total. The van der Waals surface area contributed by atoms with Gasteiger partial charge in [0.2, 0.25) is 11.8 Å². The lowest BCUT2D eigenvalue weighted by Crippen LogP contribution is -2.60. The van der Waals surface area contributed by atoms with Gasteiger partial charge in [0, 0.05) is 17.9 Å². The van der Waals surface area contributed by atoms with Gasteiger partial charge in [-0.2, -0.15) is 0 Å². The lowest BCUT2D eigenvalue weighted by atomic mass is 9.70. The van der Waals surface area contributed by atoms with Crippen molar-refractivity contribution in [2.75, 3.05) is 26.3 Å². The minimum Gasteiger partial charge on any atom is -0.465 e. The molecule has 2 bridgehead atoms. The third-order valence-corrected chi connectivity index (χ3v) is 8.65. The highest BCUT2D eigenvalue weighted by Gasteiger charge is 2.77. The topological polar surface area (TPSA) is 96.4 Å². The first-order chi connectivity index (χ1) is 17.2. The van der Waals surface area contributed by atoms with E-state index in [1.54, 1.807) is 17.1 Å². The summed E-state index contributed by atoms with van der Waals surface area (Å²) in [6.45, 7) is 14.2. The molecule has 0 aromatic rings. The molecule has 0 saturated carbocycles. The Morgan fingerprint density at radius 1 is 1.33 bits per heavy atom. The van der Waals surface area contributed by atoms with Crippen LogP contribution in [0.4, 0.5) is 0 Å². The number of amides is 2.